The van der Waals surface area contributed by atoms with E-state index in [-0.39, 0.29) is 5.41 Å². The van der Waals surface area contributed by atoms with Crippen LogP contribution in [-0.4, -0.2) is 38.1 Å². The highest BCUT2D eigenvalue weighted by molar-refractivity contribution is 5.83. The zero-order valence-corrected chi connectivity index (χ0v) is 18.0. The minimum Gasteiger partial charge on any atom is -0.492 e. The van der Waals surface area contributed by atoms with E-state index in [1.165, 1.54) is 19.3 Å². The van der Waals surface area contributed by atoms with Crippen LogP contribution in [0.25, 0.3) is 0 Å². The van der Waals surface area contributed by atoms with Gasteiger partial charge in [0.25, 0.3) is 0 Å². The van der Waals surface area contributed by atoms with Crippen LogP contribution in [0, 0.1) is 22.2 Å². The number of rotatable bonds is 7. The number of likely N-dealkylation sites (N-methyl/N-ethyl adjacent to an activating group) is 1. The first-order valence-electron chi connectivity index (χ1n) is 10.8. The lowest BCUT2D eigenvalue weighted by Crippen LogP contribution is -2.59. The minimum atomic E-state index is -0.127. The largest absolute Gasteiger partial charge is 0.492 e. The van der Waals surface area contributed by atoms with E-state index in [2.05, 4.69) is 36.2 Å². The van der Waals surface area contributed by atoms with Crippen molar-refractivity contribution in [3.63, 3.8) is 0 Å². The number of benzene rings is 1. The van der Waals surface area contributed by atoms with Crippen molar-refractivity contribution in [1.29, 1.82) is 0 Å². The molecule has 1 N–H and O–H groups in total. The molecule has 0 radical (unpaired) electrons. The molecule has 4 aliphatic carbocycles. The number of nitrogens with zero attached hydrogens (tertiary/aromatic N) is 1. The lowest BCUT2D eigenvalue weighted by atomic mass is 9.40. The molecule has 0 aliphatic heterocycles. The third-order valence-corrected chi connectivity index (χ3v) is 7.29. The molecule has 4 saturated carbocycles. The van der Waals surface area contributed by atoms with E-state index in [1.807, 2.05) is 26.2 Å². The molecule has 4 bridgehead atoms. The fraction of sp³-hybridized carbons (Fsp3) is 0.708. The van der Waals surface area contributed by atoms with Gasteiger partial charge in [0.05, 0.1) is 5.41 Å². The van der Waals surface area contributed by atoms with Crippen LogP contribution in [0.15, 0.2) is 24.3 Å². The van der Waals surface area contributed by atoms with Gasteiger partial charge in [0, 0.05) is 13.1 Å². The van der Waals surface area contributed by atoms with Crippen molar-refractivity contribution in [2.24, 2.45) is 22.2 Å². The topological polar surface area (TPSA) is 41.6 Å². The normalized spacial score (nSPS) is 36.0. The summed E-state index contributed by atoms with van der Waals surface area (Å²) in [6.45, 7) is 7.04. The molecule has 1 aromatic carbocycles. The van der Waals surface area contributed by atoms with Gasteiger partial charge in [-0.15, -0.1) is 0 Å². The zero-order chi connectivity index (χ0) is 20.0. The second-order valence-corrected chi connectivity index (χ2v) is 10.9. The molecule has 4 heteroatoms. The maximum absolute atomic E-state index is 13.3. The van der Waals surface area contributed by atoms with E-state index in [0.717, 1.165) is 43.0 Å². The van der Waals surface area contributed by atoms with Crippen molar-refractivity contribution in [3.05, 3.63) is 29.8 Å². The summed E-state index contributed by atoms with van der Waals surface area (Å²) in [6, 6.07) is 8.13. The summed E-state index contributed by atoms with van der Waals surface area (Å²) in [5, 5.41) is 3.28. The molecule has 1 aromatic rings. The highest BCUT2D eigenvalue weighted by Crippen LogP contribution is 2.69. The molecular formula is C24H36N2O2. The molecule has 0 heterocycles. The van der Waals surface area contributed by atoms with E-state index in [9.17, 15) is 4.79 Å². The van der Waals surface area contributed by atoms with Crippen molar-refractivity contribution >= 4 is 5.91 Å². The van der Waals surface area contributed by atoms with Gasteiger partial charge in [-0.2, -0.15) is 0 Å². The monoisotopic (exact) mass is 384 g/mol. The Labute approximate surface area is 170 Å². The summed E-state index contributed by atoms with van der Waals surface area (Å²) in [5.41, 5.74) is 1.75. The molecule has 0 aromatic heterocycles. The molecule has 28 heavy (non-hydrogen) atoms. The number of hydrogen-bond acceptors (Lipinski definition) is 3. The van der Waals surface area contributed by atoms with Gasteiger partial charge in [0.1, 0.15) is 12.4 Å². The van der Waals surface area contributed by atoms with Crippen molar-refractivity contribution in [2.45, 2.75) is 58.9 Å². The third-order valence-electron chi connectivity index (χ3n) is 7.29. The Hall–Kier alpha value is -1.55. The van der Waals surface area contributed by atoms with Crippen LogP contribution in [0.1, 0.15) is 57.9 Å². The van der Waals surface area contributed by atoms with Gasteiger partial charge in [-0.05, 0) is 87.1 Å². The second kappa shape index (κ2) is 7.05. The van der Waals surface area contributed by atoms with Crippen LogP contribution >= 0.6 is 0 Å². The number of carbonyl (C=O) groups excluding carboxylic acids is 1. The van der Waals surface area contributed by atoms with Crippen LogP contribution < -0.4 is 10.1 Å². The van der Waals surface area contributed by atoms with Gasteiger partial charge in [-0.25, -0.2) is 0 Å². The number of hydrogen-bond donors (Lipinski definition) is 1. The van der Waals surface area contributed by atoms with Gasteiger partial charge in [-0.1, -0.05) is 26.0 Å². The van der Waals surface area contributed by atoms with Gasteiger partial charge in [0.2, 0.25) is 5.91 Å². The number of amides is 1. The molecule has 0 spiro atoms. The van der Waals surface area contributed by atoms with Crippen molar-refractivity contribution in [2.75, 3.05) is 27.2 Å². The predicted octanol–water partition coefficient (Wildman–Crippen LogP) is 4.24. The number of nitrogens with one attached hydrogen (secondary N) is 1. The van der Waals surface area contributed by atoms with Crippen LogP contribution in [0.2, 0.25) is 0 Å². The Morgan fingerprint density at radius 2 is 1.71 bits per heavy atom. The van der Waals surface area contributed by atoms with Crippen molar-refractivity contribution < 1.29 is 9.53 Å². The Morgan fingerprint density at radius 1 is 1.07 bits per heavy atom. The molecule has 2 unspecified atom stereocenters. The zero-order valence-electron chi connectivity index (χ0n) is 18.0. The van der Waals surface area contributed by atoms with Crippen LogP contribution in [-0.2, 0) is 11.3 Å². The first-order chi connectivity index (χ1) is 13.2. The molecular weight excluding hydrogens is 348 g/mol. The van der Waals surface area contributed by atoms with Crippen LogP contribution in [0.3, 0.4) is 0 Å². The van der Waals surface area contributed by atoms with Gasteiger partial charge in [-0.3, -0.25) is 4.79 Å². The third kappa shape index (κ3) is 3.94. The van der Waals surface area contributed by atoms with E-state index in [0.29, 0.717) is 29.9 Å². The standard InChI is InChI=1S/C24H36N2O2/c1-22-11-19-12-23(2,15-22)17-24(13-19,16-22)21(27)25-14-18-5-7-20(8-6-18)28-10-9-26(3)4/h5-8,19H,9-17H2,1-4H3,(H,25,27). The highest BCUT2D eigenvalue weighted by atomic mass is 16.5. The summed E-state index contributed by atoms with van der Waals surface area (Å²) < 4.78 is 5.76. The molecule has 5 rings (SSSR count). The summed E-state index contributed by atoms with van der Waals surface area (Å²) in [4.78, 5) is 15.4. The summed E-state index contributed by atoms with van der Waals surface area (Å²) in [6.07, 6.45) is 7.22. The smallest absolute Gasteiger partial charge is 0.226 e. The summed E-state index contributed by atoms with van der Waals surface area (Å²) >= 11 is 0. The Morgan fingerprint density at radius 3 is 2.29 bits per heavy atom. The maximum atomic E-state index is 13.3. The lowest BCUT2D eigenvalue weighted by Gasteiger charge is -2.64. The maximum Gasteiger partial charge on any atom is 0.226 e. The average Bonchev–Trinajstić information content (AvgIpc) is 2.57. The predicted molar refractivity (Wildman–Crippen MR) is 112 cm³/mol. The first-order valence-corrected chi connectivity index (χ1v) is 10.8. The van der Waals surface area contributed by atoms with Crippen LogP contribution in [0.4, 0.5) is 0 Å². The first kappa shape index (κ1) is 19.8. The molecule has 1 amide bonds. The molecule has 154 valence electrons. The Balaban J connectivity index is 1.35. The number of carbonyl (C=O) groups is 1. The average molecular weight is 385 g/mol. The molecule has 4 fully saturated rings. The van der Waals surface area contributed by atoms with Gasteiger partial charge in [0.15, 0.2) is 0 Å². The Kier molecular flexibility index (Phi) is 4.97. The van der Waals surface area contributed by atoms with E-state index >= 15 is 0 Å². The van der Waals surface area contributed by atoms with E-state index in [4.69, 9.17) is 4.74 Å². The highest BCUT2D eigenvalue weighted by Gasteiger charge is 2.62. The van der Waals surface area contributed by atoms with Crippen molar-refractivity contribution in [1.82, 2.24) is 10.2 Å². The summed E-state index contributed by atoms with van der Waals surface area (Å²) in [7, 11) is 4.08. The molecule has 4 nitrogen and oxygen atoms in total. The summed E-state index contributed by atoms with van der Waals surface area (Å²) in [5.74, 6) is 1.93. The van der Waals surface area contributed by atoms with Crippen LogP contribution in [0.5, 0.6) is 5.75 Å². The van der Waals surface area contributed by atoms with Gasteiger partial charge >= 0.3 is 0 Å². The van der Waals surface area contributed by atoms with E-state index in [1.54, 1.807) is 0 Å². The second-order valence-electron chi connectivity index (χ2n) is 10.9. The lowest BCUT2D eigenvalue weighted by molar-refractivity contribution is -0.170. The van der Waals surface area contributed by atoms with E-state index < -0.39 is 0 Å². The van der Waals surface area contributed by atoms with Crippen molar-refractivity contribution in [3.8, 4) is 5.75 Å². The quantitative estimate of drug-likeness (QED) is 0.764. The fourth-order valence-corrected chi connectivity index (χ4v) is 7.12. The molecule has 0 saturated heterocycles. The minimum absolute atomic E-state index is 0.127. The fourth-order valence-electron chi connectivity index (χ4n) is 7.12. The molecule has 2 atom stereocenters. The number of ether oxygens (including phenoxy) is 1. The molecule has 4 aliphatic rings. The Bertz CT molecular complexity index is 709. The SMILES string of the molecule is CN(C)CCOc1ccc(CNC(=O)C23CC4CC(C)(CC(C)(C4)C2)C3)cc1. The van der Waals surface area contributed by atoms with Gasteiger partial charge < -0.3 is 15.0 Å².